The predicted octanol–water partition coefficient (Wildman–Crippen LogP) is 0.840. The van der Waals surface area contributed by atoms with E-state index >= 15 is 0 Å². The molecule has 2 heterocycles. The molecule has 0 aliphatic carbocycles. The van der Waals surface area contributed by atoms with Crippen LogP contribution in [0, 0.1) is 12.8 Å². The van der Waals surface area contributed by atoms with Gasteiger partial charge in [-0.05, 0) is 23.6 Å². The summed E-state index contributed by atoms with van der Waals surface area (Å²) in [7, 11) is 1.92. The number of aryl methyl sites for hydroxylation is 1. The van der Waals surface area contributed by atoms with Crippen LogP contribution in [0.2, 0.25) is 0 Å². The van der Waals surface area contributed by atoms with Crippen molar-refractivity contribution < 1.29 is 9.90 Å². The zero-order valence-electron chi connectivity index (χ0n) is 14.1. The quantitative estimate of drug-likeness (QED) is 0.760. The van der Waals surface area contributed by atoms with Gasteiger partial charge in [0.05, 0.1) is 18.7 Å². The first-order valence-corrected chi connectivity index (χ1v) is 8.25. The van der Waals surface area contributed by atoms with Crippen LogP contribution in [0.3, 0.4) is 0 Å². The van der Waals surface area contributed by atoms with Crippen LogP contribution in [0.4, 0.5) is 0 Å². The molecule has 6 nitrogen and oxygen atoms in total. The smallest absolute Gasteiger partial charge is 0.225 e. The van der Waals surface area contributed by atoms with E-state index in [1.807, 2.05) is 49.1 Å². The number of carbonyl (C=O) groups excluding carboxylic acids is 1. The molecular formula is C18H24N4O2. The fourth-order valence-electron chi connectivity index (χ4n) is 3.32. The van der Waals surface area contributed by atoms with Crippen LogP contribution in [0.1, 0.15) is 28.3 Å². The van der Waals surface area contributed by atoms with Gasteiger partial charge in [0.2, 0.25) is 5.91 Å². The molecule has 0 saturated carbocycles. The van der Waals surface area contributed by atoms with Gasteiger partial charge < -0.3 is 15.7 Å². The summed E-state index contributed by atoms with van der Waals surface area (Å²) in [4.78, 5) is 12.6. The fourth-order valence-corrected chi connectivity index (χ4v) is 3.32. The van der Waals surface area contributed by atoms with E-state index in [1.54, 1.807) is 0 Å². The topological polar surface area (TPSA) is 79.2 Å². The molecule has 1 amide bonds. The van der Waals surface area contributed by atoms with Gasteiger partial charge in [0.1, 0.15) is 0 Å². The van der Waals surface area contributed by atoms with Gasteiger partial charge in [-0.1, -0.05) is 24.3 Å². The zero-order chi connectivity index (χ0) is 17.1. The Morgan fingerprint density at radius 1 is 1.42 bits per heavy atom. The molecule has 1 saturated heterocycles. The van der Waals surface area contributed by atoms with Gasteiger partial charge in [-0.2, -0.15) is 5.10 Å². The van der Waals surface area contributed by atoms with E-state index < -0.39 is 0 Å². The Kier molecular flexibility index (Phi) is 4.97. The number of aromatic nitrogens is 2. The highest BCUT2D eigenvalue weighted by Crippen LogP contribution is 2.30. The van der Waals surface area contributed by atoms with Crippen LogP contribution < -0.4 is 10.6 Å². The molecule has 1 aliphatic heterocycles. The Morgan fingerprint density at radius 2 is 2.21 bits per heavy atom. The number of benzene rings is 1. The van der Waals surface area contributed by atoms with Crippen molar-refractivity contribution in [3.05, 3.63) is 52.8 Å². The van der Waals surface area contributed by atoms with Crippen molar-refractivity contribution in [3.63, 3.8) is 0 Å². The second kappa shape index (κ2) is 7.15. The maximum atomic E-state index is 12.6. The minimum atomic E-state index is -0.0890. The molecule has 1 aromatic heterocycles. The van der Waals surface area contributed by atoms with Crippen LogP contribution in [0.25, 0.3) is 0 Å². The highest BCUT2D eigenvalue weighted by atomic mass is 16.3. The lowest BCUT2D eigenvalue weighted by atomic mass is 9.88. The summed E-state index contributed by atoms with van der Waals surface area (Å²) >= 11 is 0. The maximum Gasteiger partial charge on any atom is 0.225 e. The number of hydrogen-bond donors (Lipinski definition) is 3. The van der Waals surface area contributed by atoms with Gasteiger partial charge in [-0.15, -0.1) is 0 Å². The Bertz CT molecular complexity index is 726. The van der Waals surface area contributed by atoms with Gasteiger partial charge in [0.15, 0.2) is 0 Å². The average Bonchev–Trinajstić information content (AvgIpc) is 3.20. The molecule has 2 atom stereocenters. The number of rotatable bonds is 5. The molecule has 0 radical (unpaired) electrons. The van der Waals surface area contributed by atoms with Gasteiger partial charge >= 0.3 is 0 Å². The summed E-state index contributed by atoms with van der Waals surface area (Å²) in [6.45, 7) is 4.00. The largest absolute Gasteiger partial charge is 0.392 e. The Balaban J connectivity index is 1.66. The molecule has 0 unspecified atom stereocenters. The SMILES string of the molecule is Cc1c([C@H]2CNC[C@@H]2C(=O)NCc2cccc(CO)c2)cnn1C. The van der Waals surface area contributed by atoms with Crippen molar-refractivity contribution in [1.82, 2.24) is 20.4 Å². The minimum absolute atomic E-state index is 0.0106. The first kappa shape index (κ1) is 16.7. The molecule has 0 bridgehead atoms. The Labute approximate surface area is 141 Å². The summed E-state index contributed by atoms with van der Waals surface area (Å²) in [5, 5.41) is 19.9. The molecule has 1 aromatic carbocycles. The molecule has 3 N–H and O–H groups in total. The fraction of sp³-hybridized carbons (Fsp3) is 0.444. The molecule has 1 aliphatic rings. The third-order valence-corrected chi connectivity index (χ3v) is 4.86. The van der Waals surface area contributed by atoms with E-state index in [0.717, 1.165) is 28.9 Å². The van der Waals surface area contributed by atoms with Gasteiger partial charge in [0.25, 0.3) is 0 Å². The molecule has 128 valence electrons. The van der Waals surface area contributed by atoms with Crippen molar-refractivity contribution in [1.29, 1.82) is 0 Å². The van der Waals surface area contributed by atoms with Crippen molar-refractivity contribution in [2.75, 3.05) is 13.1 Å². The second-order valence-electron chi connectivity index (χ2n) is 6.38. The van der Waals surface area contributed by atoms with Gasteiger partial charge in [-0.3, -0.25) is 9.48 Å². The predicted molar refractivity (Wildman–Crippen MR) is 91.3 cm³/mol. The maximum absolute atomic E-state index is 12.6. The van der Waals surface area contributed by atoms with Crippen LogP contribution in [0.15, 0.2) is 30.5 Å². The number of aliphatic hydroxyl groups is 1. The normalized spacial score (nSPS) is 20.3. The highest BCUT2D eigenvalue weighted by Gasteiger charge is 2.35. The second-order valence-corrected chi connectivity index (χ2v) is 6.38. The van der Waals surface area contributed by atoms with Gasteiger partial charge in [0, 0.05) is 38.3 Å². The molecule has 2 aromatic rings. The average molecular weight is 328 g/mol. The number of carbonyl (C=O) groups is 1. The van der Waals surface area contributed by atoms with E-state index in [4.69, 9.17) is 0 Å². The summed E-state index contributed by atoms with van der Waals surface area (Å²) in [6.07, 6.45) is 1.87. The summed E-state index contributed by atoms with van der Waals surface area (Å²) in [5.41, 5.74) is 4.10. The molecular weight excluding hydrogens is 304 g/mol. The van der Waals surface area contributed by atoms with E-state index in [9.17, 15) is 9.90 Å². The number of hydrogen-bond acceptors (Lipinski definition) is 4. The molecule has 0 spiro atoms. The van der Waals surface area contributed by atoms with E-state index in [1.165, 1.54) is 0 Å². The highest BCUT2D eigenvalue weighted by molar-refractivity contribution is 5.80. The minimum Gasteiger partial charge on any atom is -0.392 e. The van der Waals surface area contributed by atoms with Crippen LogP contribution >= 0.6 is 0 Å². The van der Waals surface area contributed by atoms with Crippen LogP contribution in [-0.4, -0.2) is 33.9 Å². The van der Waals surface area contributed by atoms with Crippen molar-refractivity contribution in [2.45, 2.75) is 26.0 Å². The lowest BCUT2D eigenvalue weighted by molar-refractivity contribution is -0.125. The van der Waals surface area contributed by atoms with E-state index in [2.05, 4.69) is 15.7 Å². The molecule has 3 rings (SSSR count). The number of nitrogens with one attached hydrogen (secondary N) is 2. The zero-order valence-corrected chi connectivity index (χ0v) is 14.1. The van der Waals surface area contributed by atoms with Crippen molar-refractivity contribution >= 4 is 5.91 Å². The van der Waals surface area contributed by atoms with Crippen molar-refractivity contribution in [2.24, 2.45) is 13.0 Å². The Hall–Kier alpha value is -2.18. The summed E-state index contributed by atoms with van der Waals surface area (Å²) in [6, 6.07) is 7.63. The number of nitrogens with zero attached hydrogens (tertiary/aromatic N) is 2. The first-order chi connectivity index (χ1) is 11.6. The van der Waals surface area contributed by atoms with Gasteiger partial charge in [-0.25, -0.2) is 0 Å². The first-order valence-electron chi connectivity index (χ1n) is 8.25. The summed E-state index contributed by atoms with van der Waals surface area (Å²) < 4.78 is 1.85. The standard InChI is InChI=1S/C18H24N4O2/c1-12-15(10-21-22(12)2)16-8-19-9-17(16)18(24)20-7-13-4-3-5-14(6-13)11-23/h3-6,10,16-17,19,23H,7-9,11H2,1-2H3,(H,20,24)/t16-,17+/m1/s1. The summed E-state index contributed by atoms with van der Waals surface area (Å²) in [5.74, 6) is 0.124. The molecule has 1 fully saturated rings. The lowest BCUT2D eigenvalue weighted by Gasteiger charge is -2.18. The molecule has 6 heteroatoms. The Morgan fingerprint density at radius 3 is 2.92 bits per heavy atom. The molecule has 24 heavy (non-hydrogen) atoms. The lowest BCUT2D eigenvalue weighted by Crippen LogP contribution is -2.34. The number of amides is 1. The monoisotopic (exact) mass is 328 g/mol. The van der Waals surface area contributed by atoms with Crippen LogP contribution in [-0.2, 0) is 25.0 Å². The van der Waals surface area contributed by atoms with Crippen molar-refractivity contribution in [3.8, 4) is 0 Å². The van der Waals surface area contributed by atoms with E-state index in [0.29, 0.717) is 13.1 Å². The third-order valence-electron chi connectivity index (χ3n) is 4.86. The number of aliphatic hydroxyl groups excluding tert-OH is 1. The van der Waals surface area contributed by atoms with E-state index in [-0.39, 0.29) is 24.3 Å². The third kappa shape index (κ3) is 3.34. The van der Waals surface area contributed by atoms with Crippen LogP contribution in [0.5, 0.6) is 0 Å².